The van der Waals surface area contributed by atoms with Gasteiger partial charge in [0, 0.05) is 22.8 Å². The maximum Gasteiger partial charge on any atom is 0.0585 e. The van der Waals surface area contributed by atoms with Crippen LogP contribution in [0.4, 0.5) is 0 Å². The molecule has 1 aromatic carbocycles. The molecule has 3 nitrogen and oxygen atoms in total. The van der Waals surface area contributed by atoms with E-state index in [1.165, 1.54) is 5.56 Å². The summed E-state index contributed by atoms with van der Waals surface area (Å²) in [5.41, 5.74) is 9.66. The summed E-state index contributed by atoms with van der Waals surface area (Å²) in [6.07, 6.45) is 3.85. The molecule has 0 aliphatic heterocycles. The minimum atomic E-state index is -0.118. The fourth-order valence-corrected chi connectivity index (χ4v) is 2.22. The third-order valence-electron chi connectivity index (χ3n) is 2.91. The lowest BCUT2D eigenvalue weighted by Crippen LogP contribution is -2.12. The molecule has 0 saturated heterocycles. The van der Waals surface area contributed by atoms with Crippen LogP contribution in [-0.4, -0.2) is 9.78 Å². The zero-order valence-electron chi connectivity index (χ0n) is 10.0. The molecule has 17 heavy (non-hydrogen) atoms. The molecule has 2 rings (SSSR count). The molecule has 0 spiro atoms. The van der Waals surface area contributed by atoms with Crippen molar-refractivity contribution in [2.45, 2.75) is 26.4 Å². The molecule has 0 saturated carbocycles. The highest BCUT2D eigenvalue weighted by Gasteiger charge is 2.13. The molecule has 90 valence electrons. The molecular weight excluding hydrogens is 278 g/mol. The van der Waals surface area contributed by atoms with Crippen molar-refractivity contribution in [2.75, 3.05) is 0 Å². The molecule has 0 bridgehead atoms. The summed E-state index contributed by atoms with van der Waals surface area (Å²) in [7, 11) is 0. The number of aromatic nitrogens is 2. The van der Waals surface area contributed by atoms with Crippen molar-refractivity contribution in [1.82, 2.24) is 9.78 Å². The minimum Gasteiger partial charge on any atom is -0.320 e. The molecule has 1 heterocycles. The predicted molar refractivity (Wildman–Crippen MR) is 72.8 cm³/mol. The van der Waals surface area contributed by atoms with Crippen LogP contribution in [0.1, 0.15) is 29.7 Å². The molecule has 0 fully saturated rings. The van der Waals surface area contributed by atoms with Crippen molar-refractivity contribution in [3.05, 3.63) is 51.8 Å². The first kappa shape index (κ1) is 12.3. The molecule has 4 heteroatoms. The van der Waals surface area contributed by atoms with E-state index in [1.807, 2.05) is 23.1 Å². The molecule has 1 aromatic heterocycles. The number of nitrogens with zero attached hydrogens (tertiary/aromatic N) is 2. The van der Waals surface area contributed by atoms with Gasteiger partial charge in [-0.2, -0.15) is 5.10 Å². The standard InChI is InChI=1S/C13H16BrN3/c1-3-17-8-10(7-16-17)13(15)12-6-11(14)5-4-9(12)2/h4-8,13H,3,15H2,1-2H3. The van der Waals surface area contributed by atoms with Gasteiger partial charge < -0.3 is 5.73 Å². The SMILES string of the molecule is CCn1cc(C(N)c2cc(Br)ccc2C)cn1. The normalized spacial score (nSPS) is 12.7. The van der Waals surface area contributed by atoms with Crippen LogP contribution >= 0.6 is 15.9 Å². The van der Waals surface area contributed by atoms with Crippen LogP contribution < -0.4 is 5.73 Å². The lowest BCUT2D eigenvalue weighted by Gasteiger charge is -2.13. The number of rotatable bonds is 3. The molecule has 1 unspecified atom stereocenters. The first-order valence-electron chi connectivity index (χ1n) is 5.65. The van der Waals surface area contributed by atoms with Crippen molar-refractivity contribution >= 4 is 15.9 Å². The smallest absolute Gasteiger partial charge is 0.0585 e. The van der Waals surface area contributed by atoms with E-state index in [1.54, 1.807) is 0 Å². The van der Waals surface area contributed by atoms with Crippen molar-refractivity contribution in [1.29, 1.82) is 0 Å². The van der Waals surface area contributed by atoms with Gasteiger partial charge in [-0.15, -0.1) is 0 Å². The van der Waals surface area contributed by atoms with Gasteiger partial charge in [0.15, 0.2) is 0 Å². The highest BCUT2D eigenvalue weighted by atomic mass is 79.9. The average molecular weight is 294 g/mol. The Labute approximate surface area is 110 Å². The minimum absolute atomic E-state index is 0.118. The predicted octanol–water partition coefficient (Wildman–Crippen LogP) is 3.02. The first-order valence-corrected chi connectivity index (χ1v) is 6.45. The topological polar surface area (TPSA) is 43.8 Å². The zero-order valence-corrected chi connectivity index (χ0v) is 11.6. The van der Waals surface area contributed by atoms with Gasteiger partial charge in [0.2, 0.25) is 0 Å². The summed E-state index contributed by atoms with van der Waals surface area (Å²) >= 11 is 3.48. The summed E-state index contributed by atoms with van der Waals surface area (Å²) < 4.78 is 2.94. The van der Waals surface area contributed by atoms with E-state index in [-0.39, 0.29) is 6.04 Å². The van der Waals surface area contributed by atoms with Crippen molar-refractivity contribution in [2.24, 2.45) is 5.73 Å². The van der Waals surface area contributed by atoms with Crippen LogP contribution in [0.3, 0.4) is 0 Å². The van der Waals surface area contributed by atoms with Gasteiger partial charge in [-0.3, -0.25) is 4.68 Å². The third-order valence-corrected chi connectivity index (χ3v) is 3.41. The summed E-state index contributed by atoms with van der Waals surface area (Å²) in [6.45, 7) is 5.00. The number of hydrogen-bond acceptors (Lipinski definition) is 2. The Morgan fingerprint density at radius 2 is 2.24 bits per heavy atom. The molecule has 2 N–H and O–H groups in total. The molecule has 1 atom stereocenters. The Bertz CT molecular complexity index is 519. The van der Waals surface area contributed by atoms with Crippen LogP contribution in [0.5, 0.6) is 0 Å². The quantitative estimate of drug-likeness (QED) is 0.945. The van der Waals surface area contributed by atoms with E-state index >= 15 is 0 Å². The Hall–Kier alpha value is -1.13. The largest absolute Gasteiger partial charge is 0.320 e. The fraction of sp³-hybridized carbons (Fsp3) is 0.308. The molecule has 0 amide bonds. The van der Waals surface area contributed by atoms with E-state index in [9.17, 15) is 0 Å². The Balaban J connectivity index is 2.35. The van der Waals surface area contributed by atoms with Gasteiger partial charge in [-0.05, 0) is 37.1 Å². The van der Waals surface area contributed by atoms with Crippen molar-refractivity contribution < 1.29 is 0 Å². The first-order chi connectivity index (χ1) is 8.11. The molecule has 0 aliphatic carbocycles. The molecule has 2 aromatic rings. The second-order valence-electron chi connectivity index (χ2n) is 4.11. The number of hydrogen-bond donors (Lipinski definition) is 1. The molecular formula is C13H16BrN3. The Kier molecular flexibility index (Phi) is 3.64. The zero-order chi connectivity index (χ0) is 12.4. The Morgan fingerprint density at radius 3 is 2.88 bits per heavy atom. The second-order valence-corrected chi connectivity index (χ2v) is 5.02. The van der Waals surface area contributed by atoms with Gasteiger partial charge in [0.25, 0.3) is 0 Å². The van der Waals surface area contributed by atoms with Gasteiger partial charge in [-0.1, -0.05) is 22.0 Å². The van der Waals surface area contributed by atoms with Crippen LogP contribution in [-0.2, 0) is 6.54 Å². The second kappa shape index (κ2) is 5.02. The maximum atomic E-state index is 6.28. The number of benzene rings is 1. The monoisotopic (exact) mass is 293 g/mol. The van der Waals surface area contributed by atoms with Crippen LogP contribution in [0, 0.1) is 6.92 Å². The number of nitrogens with two attached hydrogens (primary N) is 1. The van der Waals surface area contributed by atoms with E-state index in [0.29, 0.717) is 0 Å². The van der Waals surface area contributed by atoms with Crippen LogP contribution in [0.2, 0.25) is 0 Å². The fourth-order valence-electron chi connectivity index (χ4n) is 1.84. The van der Waals surface area contributed by atoms with Gasteiger partial charge >= 0.3 is 0 Å². The van der Waals surface area contributed by atoms with Crippen LogP contribution in [0.15, 0.2) is 35.1 Å². The van der Waals surface area contributed by atoms with E-state index in [4.69, 9.17) is 5.73 Å². The number of halogens is 1. The van der Waals surface area contributed by atoms with E-state index in [0.717, 1.165) is 22.1 Å². The highest BCUT2D eigenvalue weighted by molar-refractivity contribution is 9.10. The Morgan fingerprint density at radius 1 is 1.47 bits per heavy atom. The van der Waals surface area contributed by atoms with Crippen LogP contribution in [0.25, 0.3) is 0 Å². The summed E-state index contributed by atoms with van der Waals surface area (Å²) in [5.74, 6) is 0. The number of aryl methyl sites for hydroxylation is 2. The van der Waals surface area contributed by atoms with Crippen molar-refractivity contribution in [3.63, 3.8) is 0 Å². The molecule has 0 aliphatic rings. The lowest BCUT2D eigenvalue weighted by molar-refractivity contribution is 0.658. The van der Waals surface area contributed by atoms with Gasteiger partial charge in [0.05, 0.1) is 12.2 Å². The maximum absolute atomic E-state index is 6.28. The van der Waals surface area contributed by atoms with Gasteiger partial charge in [0.1, 0.15) is 0 Å². The summed E-state index contributed by atoms with van der Waals surface area (Å²) in [5, 5.41) is 4.26. The van der Waals surface area contributed by atoms with E-state index in [2.05, 4.69) is 47.0 Å². The van der Waals surface area contributed by atoms with Crippen molar-refractivity contribution in [3.8, 4) is 0 Å². The summed E-state index contributed by atoms with van der Waals surface area (Å²) in [6, 6.07) is 6.06. The summed E-state index contributed by atoms with van der Waals surface area (Å²) in [4.78, 5) is 0. The average Bonchev–Trinajstić information content (AvgIpc) is 2.80. The highest BCUT2D eigenvalue weighted by Crippen LogP contribution is 2.25. The van der Waals surface area contributed by atoms with Gasteiger partial charge in [-0.25, -0.2) is 0 Å². The molecule has 0 radical (unpaired) electrons. The third kappa shape index (κ3) is 2.58. The van der Waals surface area contributed by atoms with E-state index < -0.39 is 0 Å². The lowest BCUT2D eigenvalue weighted by atomic mass is 9.98.